The van der Waals surface area contributed by atoms with Gasteiger partial charge in [0.25, 0.3) is 0 Å². The van der Waals surface area contributed by atoms with Crippen molar-refractivity contribution in [3.05, 3.63) is 23.9 Å². The Morgan fingerprint density at radius 3 is 2.33 bits per heavy atom. The monoisotopic (exact) mass is 211 g/mol. The standard InChI is InChI=1S/C11H17NO3/c1-5-7-10(13)9(8-12(3)4)11(14)15-6-2/h5,7-8H,6H2,1-4H3/b7-5+,9-8-. The number of ether oxygens (including phenoxy) is 1. The van der Waals surface area contributed by atoms with E-state index in [1.54, 1.807) is 38.9 Å². The van der Waals surface area contributed by atoms with Gasteiger partial charge in [0.05, 0.1) is 6.61 Å². The second kappa shape index (κ2) is 6.81. The molecule has 4 heteroatoms. The predicted octanol–water partition coefficient (Wildman–Crippen LogP) is 1.14. The molecule has 0 aliphatic heterocycles. The Labute approximate surface area is 90.2 Å². The molecular weight excluding hydrogens is 194 g/mol. The molecule has 15 heavy (non-hydrogen) atoms. The minimum atomic E-state index is -0.589. The molecule has 0 saturated carbocycles. The van der Waals surface area contributed by atoms with Gasteiger partial charge in [-0.3, -0.25) is 4.79 Å². The maximum atomic E-state index is 11.5. The minimum Gasteiger partial charge on any atom is -0.462 e. The van der Waals surface area contributed by atoms with Gasteiger partial charge in [-0.2, -0.15) is 0 Å². The third-order valence-corrected chi connectivity index (χ3v) is 1.47. The van der Waals surface area contributed by atoms with E-state index in [0.29, 0.717) is 0 Å². The van der Waals surface area contributed by atoms with Gasteiger partial charge in [-0.1, -0.05) is 6.08 Å². The average molecular weight is 211 g/mol. The Morgan fingerprint density at radius 1 is 1.33 bits per heavy atom. The second-order valence-corrected chi connectivity index (χ2v) is 3.09. The predicted molar refractivity (Wildman–Crippen MR) is 58.2 cm³/mol. The maximum absolute atomic E-state index is 11.5. The molecule has 0 saturated heterocycles. The van der Waals surface area contributed by atoms with Crippen LogP contribution in [0.4, 0.5) is 0 Å². The van der Waals surface area contributed by atoms with Crippen LogP contribution in [0.5, 0.6) is 0 Å². The molecule has 4 nitrogen and oxygen atoms in total. The first-order valence-electron chi connectivity index (χ1n) is 4.75. The highest BCUT2D eigenvalue weighted by Gasteiger charge is 2.17. The Morgan fingerprint density at radius 2 is 1.93 bits per heavy atom. The molecule has 84 valence electrons. The molecular formula is C11H17NO3. The fourth-order valence-electron chi connectivity index (χ4n) is 0.925. The zero-order valence-corrected chi connectivity index (χ0v) is 9.61. The van der Waals surface area contributed by atoms with Crippen molar-refractivity contribution in [2.24, 2.45) is 0 Å². The molecule has 0 aromatic rings. The molecule has 0 bridgehead atoms. The molecule has 0 aromatic carbocycles. The van der Waals surface area contributed by atoms with E-state index in [4.69, 9.17) is 4.74 Å². The average Bonchev–Trinajstić information content (AvgIpc) is 2.14. The summed E-state index contributed by atoms with van der Waals surface area (Å²) in [5.74, 6) is -0.932. The van der Waals surface area contributed by atoms with Crippen molar-refractivity contribution in [2.45, 2.75) is 13.8 Å². The summed E-state index contributed by atoms with van der Waals surface area (Å²) in [7, 11) is 3.48. The zero-order chi connectivity index (χ0) is 11.8. The molecule has 0 fully saturated rings. The van der Waals surface area contributed by atoms with Gasteiger partial charge < -0.3 is 9.64 Å². The molecule has 0 unspecified atom stereocenters. The number of ketones is 1. The lowest BCUT2D eigenvalue weighted by atomic mass is 10.1. The van der Waals surface area contributed by atoms with Crippen molar-refractivity contribution in [2.75, 3.05) is 20.7 Å². The van der Waals surface area contributed by atoms with Gasteiger partial charge in [0.2, 0.25) is 0 Å². The highest BCUT2D eigenvalue weighted by molar-refractivity contribution is 6.21. The van der Waals surface area contributed by atoms with Crippen LogP contribution in [0.15, 0.2) is 23.9 Å². The van der Waals surface area contributed by atoms with Crippen LogP contribution in [0.1, 0.15) is 13.8 Å². The van der Waals surface area contributed by atoms with Crippen molar-refractivity contribution < 1.29 is 14.3 Å². The smallest absolute Gasteiger partial charge is 0.343 e. The zero-order valence-electron chi connectivity index (χ0n) is 9.61. The van der Waals surface area contributed by atoms with Gasteiger partial charge in [-0.05, 0) is 19.9 Å². The van der Waals surface area contributed by atoms with Crippen LogP contribution >= 0.6 is 0 Å². The lowest BCUT2D eigenvalue weighted by Gasteiger charge is -2.08. The van der Waals surface area contributed by atoms with Crippen molar-refractivity contribution in [1.82, 2.24) is 4.90 Å². The van der Waals surface area contributed by atoms with Crippen LogP contribution in [-0.2, 0) is 14.3 Å². The SMILES string of the molecule is C/C=C/C(=O)/C(=C/N(C)C)C(=O)OCC. The summed E-state index contributed by atoms with van der Waals surface area (Å²) >= 11 is 0. The van der Waals surface area contributed by atoms with Crippen molar-refractivity contribution in [1.29, 1.82) is 0 Å². The summed E-state index contributed by atoms with van der Waals surface area (Å²) in [5.41, 5.74) is 0.0416. The number of hydrogen-bond acceptors (Lipinski definition) is 4. The van der Waals surface area contributed by atoms with E-state index in [9.17, 15) is 9.59 Å². The molecule has 0 amide bonds. The van der Waals surface area contributed by atoms with E-state index in [-0.39, 0.29) is 18.0 Å². The molecule has 0 spiro atoms. The molecule has 0 aliphatic carbocycles. The molecule has 0 rings (SSSR count). The van der Waals surface area contributed by atoms with E-state index in [0.717, 1.165) is 0 Å². The fourth-order valence-corrected chi connectivity index (χ4v) is 0.925. The molecule has 0 N–H and O–H groups in total. The summed E-state index contributed by atoms with van der Waals surface area (Å²) in [6, 6.07) is 0. The van der Waals surface area contributed by atoms with Crippen LogP contribution in [0.3, 0.4) is 0 Å². The van der Waals surface area contributed by atoms with Crippen LogP contribution < -0.4 is 0 Å². The van der Waals surface area contributed by atoms with E-state index in [1.165, 1.54) is 12.3 Å². The number of carbonyl (C=O) groups is 2. The van der Waals surface area contributed by atoms with E-state index in [1.807, 2.05) is 0 Å². The lowest BCUT2D eigenvalue weighted by molar-refractivity contribution is -0.139. The molecule has 0 aliphatic rings. The van der Waals surface area contributed by atoms with E-state index >= 15 is 0 Å². The number of rotatable bonds is 5. The molecule has 0 heterocycles. The Kier molecular flexibility index (Phi) is 6.09. The highest BCUT2D eigenvalue weighted by atomic mass is 16.5. The third kappa shape index (κ3) is 5.00. The summed E-state index contributed by atoms with van der Waals surface area (Å²) in [6.45, 7) is 3.67. The summed E-state index contributed by atoms with van der Waals surface area (Å²) in [6.07, 6.45) is 4.39. The van der Waals surface area contributed by atoms with Crippen LogP contribution in [0.25, 0.3) is 0 Å². The van der Waals surface area contributed by atoms with Gasteiger partial charge in [0.15, 0.2) is 5.78 Å². The number of hydrogen-bond donors (Lipinski definition) is 0. The summed E-state index contributed by atoms with van der Waals surface area (Å²) in [4.78, 5) is 24.6. The maximum Gasteiger partial charge on any atom is 0.343 e. The largest absolute Gasteiger partial charge is 0.462 e. The quantitative estimate of drug-likeness (QED) is 0.296. The molecule has 0 atom stereocenters. The molecule has 0 aromatic heterocycles. The van der Waals surface area contributed by atoms with E-state index < -0.39 is 5.97 Å². The minimum absolute atomic E-state index is 0.0416. The van der Waals surface area contributed by atoms with Crippen LogP contribution in [0.2, 0.25) is 0 Å². The van der Waals surface area contributed by atoms with Crippen molar-refractivity contribution in [3.63, 3.8) is 0 Å². The lowest BCUT2D eigenvalue weighted by Crippen LogP contribution is -2.17. The number of esters is 1. The highest BCUT2D eigenvalue weighted by Crippen LogP contribution is 2.03. The fraction of sp³-hybridized carbons (Fsp3) is 0.455. The summed E-state index contributed by atoms with van der Waals surface area (Å²) < 4.78 is 4.78. The van der Waals surface area contributed by atoms with Crippen LogP contribution in [0, 0.1) is 0 Å². The second-order valence-electron chi connectivity index (χ2n) is 3.09. The first-order valence-corrected chi connectivity index (χ1v) is 4.75. The topological polar surface area (TPSA) is 46.6 Å². The molecule has 0 radical (unpaired) electrons. The number of carbonyl (C=O) groups excluding carboxylic acids is 2. The van der Waals surface area contributed by atoms with Crippen LogP contribution in [-0.4, -0.2) is 37.4 Å². The summed E-state index contributed by atoms with van der Waals surface area (Å²) in [5, 5.41) is 0. The van der Waals surface area contributed by atoms with Crippen molar-refractivity contribution in [3.8, 4) is 0 Å². The van der Waals surface area contributed by atoms with Crippen molar-refractivity contribution >= 4 is 11.8 Å². The van der Waals surface area contributed by atoms with E-state index in [2.05, 4.69) is 0 Å². The number of allylic oxidation sites excluding steroid dienone is 2. The van der Waals surface area contributed by atoms with Gasteiger partial charge in [-0.15, -0.1) is 0 Å². The van der Waals surface area contributed by atoms with Gasteiger partial charge in [0.1, 0.15) is 5.57 Å². The first-order chi connectivity index (χ1) is 7.02. The first kappa shape index (κ1) is 13.4. The third-order valence-electron chi connectivity index (χ3n) is 1.47. The Balaban J connectivity index is 4.89. The Bertz CT molecular complexity index is 290. The number of nitrogens with zero attached hydrogens (tertiary/aromatic N) is 1. The van der Waals surface area contributed by atoms with Gasteiger partial charge >= 0.3 is 5.97 Å². The van der Waals surface area contributed by atoms with Gasteiger partial charge in [-0.25, -0.2) is 4.79 Å². The normalized spacial score (nSPS) is 11.6. The Hall–Kier alpha value is -1.58. The van der Waals surface area contributed by atoms with Gasteiger partial charge in [0, 0.05) is 20.3 Å².